The lowest BCUT2D eigenvalue weighted by atomic mass is 10.1. The second kappa shape index (κ2) is 7.51. The van der Waals surface area contributed by atoms with Crippen LogP contribution in [-0.4, -0.2) is 31.0 Å². The molecule has 2 aromatic rings. The van der Waals surface area contributed by atoms with Crippen LogP contribution in [0.1, 0.15) is 5.56 Å². The van der Waals surface area contributed by atoms with Crippen molar-refractivity contribution in [3.63, 3.8) is 0 Å². The maximum atomic E-state index is 11.4. The first-order valence-electron chi connectivity index (χ1n) is 6.44. The third-order valence-corrected chi connectivity index (χ3v) is 4.17. The predicted octanol–water partition coefficient (Wildman–Crippen LogP) is 2.86. The average molecular weight is 389 g/mol. The molecule has 0 aliphatic rings. The van der Waals surface area contributed by atoms with Crippen LogP contribution in [0.2, 0.25) is 5.02 Å². The van der Waals surface area contributed by atoms with Gasteiger partial charge in [0.2, 0.25) is 0 Å². The second-order valence-corrected chi connectivity index (χ2v) is 5.63. The van der Waals surface area contributed by atoms with E-state index in [-0.39, 0.29) is 5.02 Å². The minimum atomic E-state index is -0.418. The Hall–Kier alpha value is -1.73. The van der Waals surface area contributed by atoms with E-state index in [1.165, 1.54) is 6.20 Å². The summed E-state index contributed by atoms with van der Waals surface area (Å²) < 4.78 is 11.4. The van der Waals surface area contributed by atoms with Crippen LogP contribution in [0, 0.1) is 0 Å². The Kier molecular flexibility index (Phi) is 5.68. The molecule has 1 aromatic heterocycles. The van der Waals surface area contributed by atoms with Crippen LogP contribution in [0.3, 0.4) is 0 Å². The van der Waals surface area contributed by atoms with Crippen molar-refractivity contribution in [1.29, 1.82) is 0 Å². The first-order chi connectivity index (χ1) is 10.6. The zero-order valence-corrected chi connectivity index (χ0v) is 14.4. The van der Waals surface area contributed by atoms with Gasteiger partial charge in [-0.1, -0.05) is 27.5 Å². The molecule has 118 valence electrons. The van der Waals surface area contributed by atoms with Crippen molar-refractivity contribution in [2.24, 2.45) is 0 Å². The zero-order chi connectivity index (χ0) is 16.1. The first kappa shape index (κ1) is 16.6. The molecule has 22 heavy (non-hydrogen) atoms. The van der Waals surface area contributed by atoms with E-state index in [4.69, 9.17) is 21.1 Å². The Labute approximate surface area is 140 Å². The fourth-order valence-electron chi connectivity index (χ4n) is 1.93. The van der Waals surface area contributed by atoms with Gasteiger partial charge in [-0.15, -0.1) is 0 Å². The van der Waals surface area contributed by atoms with Crippen molar-refractivity contribution in [3.05, 3.63) is 43.7 Å². The Morgan fingerprint density at radius 2 is 2.00 bits per heavy atom. The molecule has 2 rings (SSSR count). The summed E-state index contributed by atoms with van der Waals surface area (Å²) >= 11 is 9.41. The second-order valence-electron chi connectivity index (χ2n) is 4.40. The number of ether oxygens (including phenoxy) is 2. The number of halogens is 2. The number of benzene rings is 1. The van der Waals surface area contributed by atoms with Gasteiger partial charge in [0.1, 0.15) is 5.02 Å². The highest BCUT2D eigenvalue weighted by Gasteiger charge is 2.10. The van der Waals surface area contributed by atoms with Crippen molar-refractivity contribution in [3.8, 4) is 11.5 Å². The molecule has 0 bridgehead atoms. The van der Waals surface area contributed by atoms with Crippen molar-refractivity contribution in [1.82, 2.24) is 10.2 Å². The van der Waals surface area contributed by atoms with Crippen LogP contribution < -0.4 is 20.3 Å². The van der Waals surface area contributed by atoms with Crippen LogP contribution in [0.4, 0.5) is 5.69 Å². The first-order valence-corrected chi connectivity index (χ1v) is 7.61. The molecule has 6 nitrogen and oxygen atoms in total. The molecule has 8 heteroatoms. The molecule has 0 aliphatic heterocycles. The lowest BCUT2D eigenvalue weighted by Crippen LogP contribution is -2.13. The Morgan fingerprint density at radius 1 is 1.32 bits per heavy atom. The third kappa shape index (κ3) is 3.72. The minimum Gasteiger partial charge on any atom is -0.493 e. The molecule has 1 aromatic carbocycles. The van der Waals surface area contributed by atoms with E-state index in [1.807, 2.05) is 12.1 Å². The van der Waals surface area contributed by atoms with Gasteiger partial charge in [-0.3, -0.25) is 4.79 Å². The minimum absolute atomic E-state index is 0.0985. The number of rotatable bonds is 6. The van der Waals surface area contributed by atoms with Crippen molar-refractivity contribution >= 4 is 33.2 Å². The number of methoxy groups -OCH3 is 2. The standard InChI is InChI=1S/C14H15BrClN3O3/c1-21-11-5-8(9(15)6-12(11)22-2)3-4-17-10-7-18-19-14(20)13(10)16/h5-7H,3-4H2,1-2H3,(H2,17,19,20). The number of nitrogens with one attached hydrogen (secondary N) is 2. The molecule has 0 aliphatic carbocycles. The molecule has 1 heterocycles. The van der Waals surface area contributed by atoms with E-state index >= 15 is 0 Å². The molecule has 0 unspecified atom stereocenters. The van der Waals surface area contributed by atoms with Gasteiger partial charge in [0.15, 0.2) is 11.5 Å². The van der Waals surface area contributed by atoms with Crippen molar-refractivity contribution in [2.75, 3.05) is 26.1 Å². The lowest BCUT2D eigenvalue weighted by molar-refractivity contribution is 0.354. The summed E-state index contributed by atoms with van der Waals surface area (Å²) in [6.45, 7) is 0.582. The van der Waals surface area contributed by atoms with Crippen LogP contribution in [-0.2, 0) is 6.42 Å². The lowest BCUT2D eigenvalue weighted by Gasteiger charge is -2.12. The topological polar surface area (TPSA) is 76.2 Å². The molecule has 0 spiro atoms. The summed E-state index contributed by atoms with van der Waals surface area (Å²) in [6.07, 6.45) is 2.18. The number of hydrogen-bond acceptors (Lipinski definition) is 5. The molecule has 0 fully saturated rings. The highest BCUT2D eigenvalue weighted by molar-refractivity contribution is 9.10. The summed E-state index contributed by atoms with van der Waals surface area (Å²) in [5.74, 6) is 1.32. The fourth-order valence-corrected chi connectivity index (χ4v) is 2.60. The van der Waals surface area contributed by atoms with E-state index in [0.717, 1.165) is 10.0 Å². The molecule has 0 saturated carbocycles. The van der Waals surface area contributed by atoms with Gasteiger partial charge < -0.3 is 14.8 Å². The summed E-state index contributed by atoms with van der Waals surface area (Å²) in [6, 6.07) is 3.76. The van der Waals surface area contributed by atoms with Gasteiger partial charge in [-0.2, -0.15) is 5.10 Å². The molecule has 0 amide bonds. The summed E-state index contributed by atoms with van der Waals surface area (Å²) in [5, 5.41) is 9.16. The van der Waals surface area contributed by atoms with Crippen LogP contribution >= 0.6 is 27.5 Å². The van der Waals surface area contributed by atoms with Gasteiger partial charge in [0, 0.05) is 11.0 Å². The normalized spacial score (nSPS) is 10.4. The van der Waals surface area contributed by atoms with Gasteiger partial charge in [0.05, 0.1) is 26.1 Å². The number of anilines is 1. The largest absolute Gasteiger partial charge is 0.493 e. The Morgan fingerprint density at radius 3 is 2.68 bits per heavy atom. The highest BCUT2D eigenvalue weighted by Crippen LogP contribution is 2.33. The number of hydrogen-bond donors (Lipinski definition) is 2. The van der Waals surface area contributed by atoms with Crippen molar-refractivity contribution < 1.29 is 9.47 Å². The Balaban J connectivity index is 2.08. The number of aromatic nitrogens is 2. The van der Waals surface area contributed by atoms with Gasteiger partial charge in [-0.25, -0.2) is 5.10 Å². The van der Waals surface area contributed by atoms with E-state index < -0.39 is 5.56 Å². The Bertz CT molecular complexity index is 721. The van der Waals surface area contributed by atoms with Crippen molar-refractivity contribution in [2.45, 2.75) is 6.42 Å². The predicted molar refractivity (Wildman–Crippen MR) is 89.3 cm³/mol. The van der Waals surface area contributed by atoms with Gasteiger partial charge >= 0.3 is 0 Å². The monoisotopic (exact) mass is 387 g/mol. The molecule has 0 atom stereocenters. The van der Waals surface area contributed by atoms with Crippen LogP contribution in [0.5, 0.6) is 11.5 Å². The smallest absolute Gasteiger partial charge is 0.285 e. The van der Waals surface area contributed by atoms with Crippen LogP contribution in [0.15, 0.2) is 27.6 Å². The summed E-state index contributed by atoms with van der Waals surface area (Å²) in [4.78, 5) is 11.4. The van der Waals surface area contributed by atoms with Crippen LogP contribution in [0.25, 0.3) is 0 Å². The summed E-state index contributed by atoms with van der Waals surface area (Å²) in [5.41, 5.74) is 1.13. The van der Waals surface area contributed by atoms with E-state index in [1.54, 1.807) is 14.2 Å². The fraction of sp³-hybridized carbons (Fsp3) is 0.286. The van der Waals surface area contributed by atoms with Gasteiger partial charge in [0.25, 0.3) is 5.56 Å². The maximum Gasteiger partial charge on any atom is 0.285 e. The van der Waals surface area contributed by atoms with E-state index in [2.05, 4.69) is 31.4 Å². The van der Waals surface area contributed by atoms with E-state index in [9.17, 15) is 4.79 Å². The third-order valence-electron chi connectivity index (χ3n) is 3.06. The molecule has 0 saturated heterocycles. The highest BCUT2D eigenvalue weighted by atomic mass is 79.9. The maximum absolute atomic E-state index is 11.4. The molecule has 2 N–H and O–H groups in total. The molecule has 0 radical (unpaired) electrons. The summed E-state index contributed by atoms with van der Waals surface area (Å²) in [7, 11) is 3.18. The number of nitrogens with zero attached hydrogens (tertiary/aromatic N) is 1. The van der Waals surface area contributed by atoms with E-state index in [0.29, 0.717) is 30.2 Å². The molecular formula is C14H15BrClN3O3. The average Bonchev–Trinajstić information content (AvgIpc) is 2.52. The number of H-pyrrole nitrogens is 1. The van der Waals surface area contributed by atoms with Gasteiger partial charge in [-0.05, 0) is 24.1 Å². The zero-order valence-electron chi connectivity index (χ0n) is 12.1. The quantitative estimate of drug-likeness (QED) is 0.796. The molecular weight excluding hydrogens is 374 g/mol. The SMILES string of the molecule is COc1cc(Br)c(CCNc2cn[nH]c(=O)c2Cl)cc1OC. The number of aromatic amines is 1.